The molecule has 3 rings (SSSR count). The molecule has 3 aromatic rings. The molecular formula is C14H10NO2. The molecule has 17 heavy (non-hydrogen) atoms. The summed E-state index contributed by atoms with van der Waals surface area (Å²) in [5, 5.41) is 5.95. The Labute approximate surface area is 98.6 Å². The molecule has 0 saturated heterocycles. The second kappa shape index (κ2) is 3.94. The average molecular weight is 224 g/mol. The molecule has 0 bridgehead atoms. The zero-order valence-corrected chi connectivity index (χ0v) is 9.31. The summed E-state index contributed by atoms with van der Waals surface area (Å²) < 4.78 is 10.1. The van der Waals surface area contributed by atoms with Gasteiger partial charge in [0, 0.05) is 0 Å². The van der Waals surface area contributed by atoms with E-state index in [1.165, 1.54) is 5.39 Å². The van der Waals surface area contributed by atoms with Crippen LogP contribution in [-0.2, 0) is 0 Å². The fraction of sp³-hybridized carbons (Fsp3) is 0.0714. The molecule has 0 aliphatic heterocycles. The highest BCUT2D eigenvalue weighted by Gasteiger charge is 2.13. The summed E-state index contributed by atoms with van der Waals surface area (Å²) in [5.74, 6) is 0.390. The predicted octanol–water partition coefficient (Wildman–Crippen LogP) is 3.30. The zero-order valence-electron chi connectivity index (χ0n) is 9.31. The van der Waals surface area contributed by atoms with Crippen molar-refractivity contribution in [1.82, 2.24) is 5.16 Å². The highest BCUT2D eigenvalue weighted by Crippen LogP contribution is 2.34. The minimum absolute atomic E-state index is 0.390. The van der Waals surface area contributed by atoms with Crippen LogP contribution >= 0.6 is 0 Å². The molecule has 0 aliphatic carbocycles. The van der Waals surface area contributed by atoms with Crippen LogP contribution in [0.1, 0.15) is 0 Å². The fourth-order valence-electron chi connectivity index (χ4n) is 1.95. The molecule has 0 saturated carbocycles. The standard InChI is InChI=1S/C14H10NO2/c1-16-14-13(9-15-17-14)12-8-4-6-10-5-2-3-7-11(10)12/h2-8H,1H3. The number of fused-ring (bicyclic) bond motifs is 1. The second-order valence-corrected chi connectivity index (χ2v) is 3.69. The third kappa shape index (κ3) is 1.56. The van der Waals surface area contributed by atoms with E-state index in [9.17, 15) is 0 Å². The lowest BCUT2D eigenvalue weighted by atomic mass is 10.0. The van der Waals surface area contributed by atoms with Gasteiger partial charge in [0.05, 0.1) is 12.7 Å². The summed E-state index contributed by atoms with van der Waals surface area (Å²) in [6, 6.07) is 14.2. The Morgan fingerprint density at radius 3 is 2.82 bits per heavy atom. The highest BCUT2D eigenvalue weighted by molar-refractivity contribution is 5.97. The molecule has 83 valence electrons. The third-order valence-corrected chi connectivity index (χ3v) is 2.73. The first-order valence-electron chi connectivity index (χ1n) is 5.29. The zero-order chi connectivity index (χ0) is 11.7. The van der Waals surface area contributed by atoms with Crippen molar-refractivity contribution in [3.05, 3.63) is 48.7 Å². The first-order valence-corrected chi connectivity index (χ1v) is 5.29. The van der Waals surface area contributed by atoms with Crippen LogP contribution in [-0.4, -0.2) is 12.3 Å². The van der Waals surface area contributed by atoms with Gasteiger partial charge in [-0.15, -0.1) is 0 Å². The van der Waals surface area contributed by atoms with E-state index >= 15 is 0 Å². The van der Waals surface area contributed by atoms with Crippen LogP contribution in [0.4, 0.5) is 0 Å². The summed E-state index contributed by atoms with van der Waals surface area (Å²) in [6.07, 6.45) is 2.82. The fourth-order valence-corrected chi connectivity index (χ4v) is 1.95. The van der Waals surface area contributed by atoms with Crippen molar-refractivity contribution in [2.45, 2.75) is 0 Å². The number of nitrogens with zero attached hydrogens (tertiary/aromatic N) is 1. The quantitative estimate of drug-likeness (QED) is 0.670. The van der Waals surface area contributed by atoms with E-state index in [0.29, 0.717) is 5.95 Å². The Balaban J connectivity index is 2.31. The number of ether oxygens (including phenoxy) is 1. The summed E-state index contributed by atoms with van der Waals surface area (Å²) in [7, 11) is 1.56. The predicted molar refractivity (Wildman–Crippen MR) is 64.8 cm³/mol. The molecule has 0 unspecified atom stereocenters. The topological polar surface area (TPSA) is 35.3 Å². The summed E-state index contributed by atoms with van der Waals surface area (Å²) in [5.41, 5.74) is 1.77. The summed E-state index contributed by atoms with van der Waals surface area (Å²) in [4.78, 5) is 0. The van der Waals surface area contributed by atoms with Crippen LogP contribution in [0.3, 0.4) is 0 Å². The van der Waals surface area contributed by atoms with Gasteiger partial charge in [0.15, 0.2) is 0 Å². The van der Waals surface area contributed by atoms with Gasteiger partial charge in [0.25, 0.3) is 0 Å². The van der Waals surface area contributed by atoms with Gasteiger partial charge in [-0.05, 0) is 16.3 Å². The number of rotatable bonds is 2. The normalized spacial score (nSPS) is 10.6. The largest absolute Gasteiger partial charge is 0.467 e. The molecule has 0 fully saturated rings. The van der Waals surface area contributed by atoms with Gasteiger partial charge in [0.1, 0.15) is 6.20 Å². The summed E-state index contributed by atoms with van der Waals surface area (Å²) >= 11 is 0. The Hall–Kier alpha value is -2.29. The molecule has 1 radical (unpaired) electrons. The van der Waals surface area contributed by atoms with E-state index in [2.05, 4.69) is 29.6 Å². The van der Waals surface area contributed by atoms with Crippen molar-refractivity contribution in [2.75, 3.05) is 7.11 Å². The van der Waals surface area contributed by atoms with Crippen LogP contribution in [0.15, 0.2) is 47.0 Å². The maximum Gasteiger partial charge on any atom is 0.319 e. The minimum Gasteiger partial charge on any atom is -0.467 e. The Kier molecular flexibility index (Phi) is 2.29. The molecule has 0 amide bonds. The molecule has 3 heteroatoms. The van der Waals surface area contributed by atoms with Gasteiger partial charge in [-0.3, -0.25) is 0 Å². The van der Waals surface area contributed by atoms with Crippen LogP contribution < -0.4 is 4.74 Å². The monoisotopic (exact) mass is 224 g/mol. The minimum atomic E-state index is 0.390. The molecule has 1 aromatic heterocycles. The highest BCUT2D eigenvalue weighted by atomic mass is 16.6. The van der Waals surface area contributed by atoms with Crippen molar-refractivity contribution in [1.29, 1.82) is 0 Å². The molecule has 3 nitrogen and oxygen atoms in total. The van der Waals surface area contributed by atoms with Gasteiger partial charge >= 0.3 is 5.95 Å². The van der Waals surface area contributed by atoms with Crippen LogP contribution in [0.2, 0.25) is 0 Å². The Morgan fingerprint density at radius 1 is 1.12 bits per heavy atom. The van der Waals surface area contributed by atoms with E-state index < -0.39 is 0 Å². The van der Waals surface area contributed by atoms with Crippen LogP contribution in [0.25, 0.3) is 21.9 Å². The van der Waals surface area contributed by atoms with Gasteiger partial charge in [-0.2, -0.15) is 0 Å². The smallest absolute Gasteiger partial charge is 0.319 e. The molecule has 2 aromatic carbocycles. The van der Waals surface area contributed by atoms with E-state index in [1.807, 2.05) is 24.3 Å². The lowest BCUT2D eigenvalue weighted by Gasteiger charge is -2.04. The Morgan fingerprint density at radius 2 is 1.94 bits per heavy atom. The summed E-state index contributed by atoms with van der Waals surface area (Å²) in [6.45, 7) is 0. The van der Waals surface area contributed by atoms with E-state index in [4.69, 9.17) is 9.26 Å². The SMILES string of the molecule is COc1on[c]c1-c1cccc2ccccc12. The first kappa shape index (κ1) is 9.90. The second-order valence-electron chi connectivity index (χ2n) is 3.69. The van der Waals surface area contributed by atoms with Gasteiger partial charge < -0.3 is 9.26 Å². The van der Waals surface area contributed by atoms with E-state index in [1.54, 1.807) is 7.11 Å². The van der Waals surface area contributed by atoms with Crippen LogP contribution in [0.5, 0.6) is 5.95 Å². The van der Waals surface area contributed by atoms with Crippen molar-refractivity contribution in [2.24, 2.45) is 0 Å². The van der Waals surface area contributed by atoms with Gasteiger partial charge in [0.2, 0.25) is 0 Å². The van der Waals surface area contributed by atoms with Crippen molar-refractivity contribution >= 4 is 10.8 Å². The molecule has 0 spiro atoms. The number of benzene rings is 2. The maximum atomic E-state index is 5.13. The number of aromatic nitrogens is 1. The average Bonchev–Trinajstić information content (AvgIpc) is 2.86. The molecular weight excluding hydrogens is 214 g/mol. The number of hydrogen-bond acceptors (Lipinski definition) is 3. The molecule has 0 atom stereocenters. The lowest BCUT2D eigenvalue weighted by molar-refractivity contribution is 0.261. The molecule has 0 N–H and O–H groups in total. The van der Waals surface area contributed by atoms with Gasteiger partial charge in [-0.25, -0.2) is 0 Å². The first-order chi connectivity index (χ1) is 8.40. The third-order valence-electron chi connectivity index (χ3n) is 2.73. The van der Waals surface area contributed by atoms with E-state index in [0.717, 1.165) is 16.5 Å². The number of methoxy groups -OCH3 is 1. The molecule has 0 aliphatic rings. The Bertz CT molecular complexity index is 653. The van der Waals surface area contributed by atoms with Crippen molar-refractivity contribution in [3.8, 4) is 17.1 Å². The van der Waals surface area contributed by atoms with E-state index in [-0.39, 0.29) is 0 Å². The lowest BCUT2D eigenvalue weighted by Crippen LogP contribution is -1.84. The van der Waals surface area contributed by atoms with Crippen molar-refractivity contribution < 1.29 is 9.26 Å². The van der Waals surface area contributed by atoms with Gasteiger partial charge in [-0.1, -0.05) is 47.6 Å². The number of hydrogen-bond donors (Lipinski definition) is 0. The molecule has 1 heterocycles. The van der Waals surface area contributed by atoms with Crippen LogP contribution in [0, 0.1) is 6.20 Å². The van der Waals surface area contributed by atoms with Crippen molar-refractivity contribution in [3.63, 3.8) is 0 Å². The maximum absolute atomic E-state index is 5.13.